The van der Waals surface area contributed by atoms with Gasteiger partial charge in [0.25, 0.3) is 0 Å². The van der Waals surface area contributed by atoms with E-state index < -0.39 is 10.0 Å². The fraction of sp³-hybridized carbons (Fsp3) is 0.714. The van der Waals surface area contributed by atoms with Gasteiger partial charge in [0.2, 0.25) is 10.0 Å². The monoisotopic (exact) mass is 330 g/mol. The van der Waals surface area contributed by atoms with E-state index in [-0.39, 0.29) is 6.04 Å². The molecule has 1 aliphatic carbocycles. The maximum absolute atomic E-state index is 12.8. The molecule has 0 spiro atoms. The van der Waals surface area contributed by atoms with Gasteiger partial charge in [-0.1, -0.05) is 0 Å². The molecule has 2 heterocycles. The molecule has 0 amide bonds. The van der Waals surface area contributed by atoms with E-state index in [0.29, 0.717) is 30.7 Å². The summed E-state index contributed by atoms with van der Waals surface area (Å²) in [4.78, 5) is 2.44. The smallest absolute Gasteiger partial charge is 0.244 e. The number of ether oxygens (including phenoxy) is 1. The Hall–Kier alpha value is -0.470. The first-order valence-corrected chi connectivity index (χ1v) is 9.66. The average Bonchev–Trinajstić information content (AvgIpc) is 3.19. The molecule has 1 saturated carbocycles. The highest BCUT2D eigenvalue weighted by Crippen LogP contribution is 2.30. The molecule has 1 aliphatic heterocycles. The minimum absolute atomic E-state index is 0.101. The Morgan fingerprint density at radius 3 is 2.90 bits per heavy atom. The lowest BCUT2D eigenvalue weighted by Crippen LogP contribution is -2.46. The summed E-state index contributed by atoms with van der Waals surface area (Å²) in [6, 6.07) is 2.37. The van der Waals surface area contributed by atoms with Crippen molar-refractivity contribution in [3.05, 3.63) is 15.8 Å². The molecule has 2 fully saturated rings. The number of sulfonamides is 1. The molecular weight excluding hydrogens is 308 g/mol. The van der Waals surface area contributed by atoms with E-state index in [2.05, 4.69) is 5.32 Å². The average molecular weight is 330 g/mol. The second-order valence-corrected chi connectivity index (χ2v) is 9.03. The highest BCUT2D eigenvalue weighted by Gasteiger charge is 2.33. The summed E-state index contributed by atoms with van der Waals surface area (Å²) in [6.07, 6.45) is 2.47. The molecule has 118 valence electrons. The Kier molecular flexibility index (Phi) is 4.38. The van der Waals surface area contributed by atoms with Crippen LogP contribution < -0.4 is 5.32 Å². The summed E-state index contributed by atoms with van der Waals surface area (Å²) < 4.78 is 32.6. The minimum atomic E-state index is -3.41. The standard InChI is InChI=1S/C14H22N2O3S2/c1-10-9-19-6-5-16(10)21(17,18)14-7-13(20-11(14)2)8-15-12-3-4-12/h7,10,12,15H,3-6,8-9H2,1-2H3. The Bertz CT molecular complexity index is 608. The van der Waals surface area contributed by atoms with E-state index >= 15 is 0 Å². The van der Waals surface area contributed by atoms with Gasteiger partial charge in [-0.2, -0.15) is 4.31 Å². The SMILES string of the molecule is Cc1sc(CNC2CC2)cc1S(=O)(=O)N1CCOCC1C. The Morgan fingerprint density at radius 2 is 2.24 bits per heavy atom. The highest BCUT2D eigenvalue weighted by molar-refractivity contribution is 7.89. The van der Waals surface area contributed by atoms with Crippen LogP contribution >= 0.6 is 11.3 Å². The van der Waals surface area contributed by atoms with Gasteiger partial charge in [-0.3, -0.25) is 0 Å². The van der Waals surface area contributed by atoms with Crippen molar-refractivity contribution in [2.75, 3.05) is 19.8 Å². The van der Waals surface area contributed by atoms with Crippen LogP contribution in [0.4, 0.5) is 0 Å². The van der Waals surface area contributed by atoms with Crippen LogP contribution in [0.1, 0.15) is 29.5 Å². The maximum Gasteiger partial charge on any atom is 0.244 e. The van der Waals surface area contributed by atoms with Crippen molar-refractivity contribution in [1.29, 1.82) is 0 Å². The van der Waals surface area contributed by atoms with E-state index in [1.807, 2.05) is 19.9 Å². The summed E-state index contributed by atoms with van der Waals surface area (Å²) in [5.41, 5.74) is 0. The van der Waals surface area contributed by atoms with Crippen LogP contribution in [-0.2, 0) is 21.3 Å². The fourth-order valence-corrected chi connectivity index (χ4v) is 5.75. The van der Waals surface area contributed by atoms with Crippen LogP contribution in [-0.4, -0.2) is 44.6 Å². The summed E-state index contributed by atoms with van der Waals surface area (Å²) in [6.45, 7) is 5.94. The lowest BCUT2D eigenvalue weighted by Gasteiger charge is -2.32. The number of morpholine rings is 1. The molecule has 0 aromatic carbocycles. The number of aryl methyl sites for hydroxylation is 1. The van der Waals surface area contributed by atoms with Gasteiger partial charge >= 0.3 is 0 Å². The van der Waals surface area contributed by atoms with Crippen LogP contribution in [0.25, 0.3) is 0 Å². The van der Waals surface area contributed by atoms with E-state index in [1.54, 1.807) is 15.6 Å². The number of nitrogens with zero attached hydrogens (tertiary/aromatic N) is 1. The quantitative estimate of drug-likeness (QED) is 0.893. The van der Waals surface area contributed by atoms with Crippen molar-refractivity contribution in [3.8, 4) is 0 Å². The highest BCUT2D eigenvalue weighted by atomic mass is 32.2. The molecule has 1 aromatic rings. The number of hydrogen-bond donors (Lipinski definition) is 1. The largest absolute Gasteiger partial charge is 0.378 e. The molecule has 1 N–H and O–H groups in total. The molecule has 0 bridgehead atoms. The zero-order chi connectivity index (χ0) is 15.0. The van der Waals surface area contributed by atoms with E-state index in [4.69, 9.17) is 4.74 Å². The van der Waals surface area contributed by atoms with E-state index in [0.717, 1.165) is 16.3 Å². The van der Waals surface area contributed by atoms with Gasteiger partial charge in [0, 0.05) is 34.9 Å². The third-order valence-electron chi connectivity index (χ3n) is 3.96. The number of nitrogens with one attached hydrogen (secondary N) is 1. The molecule has 5 nitrogen and oxygen atoms in total. The second-order valence-electron chi connectivity index (χ2n) is 5.83. The lowest BCUT2D eigenvalue weighted by molar-refractivity contribution is 0.0392. The van der Waals surface area contributed by atoms with Crippen molar-refractivity contribution >= 4 is 21.4 Å². The van der Waals surface area contributed by atoms with Gasteiger partial charge in [0.1, 0.15) is 0 Å². The second kappa shape index (κ2) is 5.96. The summed E-state index contributed by atoms with van der Waals surface area (Å²) in [5, 5.41) is 3.44. The van der Waals surface area contributed by atoms with Gasteiger partial charge in [-0.15, -0.1) is 11.3 Å². The van der Waals surface area contributed by atoms with Crippen LogP contribution in [0.3, 0.4) is 0 Å². The molecule has 1 unspecified atom stereocenters. The zero-order valence-corrected chi connectivity index (χ0v) is 14.1. The molecule has 7 heteroatoms. The third kappa shape index (κ3) is 3.32. The predicted octanol–water partition coefficient (Wildman–Crippen LogP) is 1.72. The van der Waals surface area contributed by atoms with Crippen LogP contribution in [0.2, 0.25) is 0 Å². The topological polar surface area (TPSA) is 58.6 Å². The lowest BCUT2D eigenvalue weighted by atomic mass is 10.3. The Balaban J connectivity index is 1.80. The molecule has 2 aliphatic rings. The number of thiophene rings is 1. The van der Waals surface area contributed by atoms with Crippen molar-refractivity contribution in [3.63, 3.8) is 0 Å². The minimum Gasteiger partial charge on any atom is -0.378 e. The molecule has 0 radical (unpaired) electrons. The number of hydrogen-bond acceptors (Lipinski definition) is 5. The maximum atomic E-state index is 12.8. The van der Waals surface area contributed by atoms with Gasteiger partial charge in [-0.05, 0) is 32.8 Å². The van der Waals surface area contributed by atoms with Crippen molar-refractivity contribution in [1.82, 2.24) is 9.62 Å². The first kappa shape index (κ1) is 15.4. The van der Waals surface area contributed by atoms with Crippen molar-refractivity contribution < 1.29 is 13.2 Å². The normalized spacial score (nSPS) is 24.4. The van der Waals surface area contributed by atoms with Gasteiger partial charge in [0.05, 0.1) is 18.1 Å². The van der Waals surface area contributed by atoms with Gasteiger partial charge in [0.15, 0.2) is 0 Å². The molecule has 21 heavy (non-hydrogen) atoms. The first-order valence-electron chi connectivity index (χ1n) is 7.41. The predicted molar refractivity (Wildman–Crippen MR) is 83.1 cm³/mol. The summed E-state index contributed by atoms with van der Waals surface area (Å²) in [7, 11) is -3.41. The first-order chi connectivity index (χ1) is 9.98. The molecule has 1 aromatic heterocycles. The van der Waals surface area contributed by atoms with E-state index in [1.165, 1.54) is 12.8 Å². The molecular formula is C14H22N2O3S2. The zero-order valence-electron chi connectivity index (χ0n) is 12.5. The van der Waals surface area contributed by atoms with Crippen LogP contribution in [0.5, 0.6) is 0 Å². The van der Waals surface area contributed by atoms with E-state index in [9.17, 15) is 8.42 Å². The molecule has 3 rings (SSSR count). The van der Waals surface area contributed by atoms with Crippen molar-refractivity contribution in [2.45, 2.75) is 50.2 Å². The Morgan fingerprint density at radius 1 is 1.48 bits per heavy atom. The molecule has 1 atom stereocenters. The molecule has 1 saturated heterocycles. The summed E-state index contributed by atoms with van der Waals surface area (Å²) in [5.74, 6) is 0. The number of rotatable bonds is 5. The van der Waals surface area contributed by atoms with Crippen molar-refractivity contribution in [2.24, 2.45) is 0 Å². The van der Waals surface area contributed by atoms with Gasteiger partial charge in [-0.25, -0.2) is 8.42 Å². The fourth-order valence-electron chi connectivity index (χ4n) is 2.60. The van der Waals surface area contributed by atoms with Crippen LogP contribution in [0.15, 0.2) is 11.0 Å². The van der Waals surface area contributed by atoms with Gasteiger partial charge < -0.3 is 10.1 Å². The summed E-state index contributed by atoms with van der Waals surface area (Å²) >= 11 is 1.58. The Labute approximate surface area is 130 Å². The third-order valence-corrected chi connectivity index (χ3v) is 7.28. The van der Waals surface area contributed by atoms with Crippen LogP contribution in [0, 0.1) is 6.92 Å².